The second-order valence-electron chi connectivity index (χ2n) is 9.43. The molecule has 2 aliphatic rings. The molecule has 10 nitrogen and oxygen atoms in total. The molecule has 2 amide bonds. The first-order valence-electron chi connectivity index (χ1n) is 12.5. The predicted molar refractivity (Wildman–Crippen MR) is 142 cm³/mol. The molecule has 0 radical (unpaired) electrons. The van der Waals surface area contributed by atoms with E-state index >= 15 is 0 Å². The number of amides is 2. The summed E-state index contributed by atoms with van der Waals surface area (Å²) in [5.41, 5.74) is 1.02. The van der Waals surface area contributed by atoms with Crippen molar-refractivity contribution in [2.45, 2.75) is 23.0 Å². The van der Waals surface area contributed by atoms with Crippen LogP contribution in [0.2, 0.25) is 0 Å². The maximum Gasteiger partial charge on any atom is 0.257 e. The molecule has 0 aliphatic carbocycles. The van der Waals surface area contributed by atoms with Gasteiger partial charge in [-0.1, -0.05) is 12.1 Å². The highest BCUT2D eigenvalue weighted by Gasteiger charge is 2.35. The van der Waals surface area contributed by atoms with E-state index in [2.05, 4.69) is 15.5 Å². The summed E-state index contributed by atoms with van der Waals surface area (Å²) in [6, 6.07) is 17.0. The van der Waals surface area contributed by atoms with Crippen molar-refractivity contribution in [2.24, 2.45) is 5.92 Å². The van der Waals surface area contributed by atoms with E-state index in [1.54, 1.807) is 53.6 Å². The predicted octanol–water partition coefficient (Wildman–Crippen LogP) is 2.64. The Morgan fingerprint density at radius 2 is 1.68 bits per heavy atom. The zero-order valence-corrected chi connectivity index (χ0v) is 21.8. The molecular weight excluding hydrogens is 506 g/mol. The number of nitrogens with one attached hydrogen (secondary N) is 1. The number of aromatic nitrogens is 2. The van der Waals surface area contributed by atoms with Gasteiger partial charge in [0.1, 0.15) is 5.75 Å². The molecule has 5 rings (SSSR count). The molecule has 2 aromatic carbocycles. The number of carbonyl (C=O) groups is 2. The second kappa shape index (κ2) is 10.8. The van der Waals surface area contributed by atoms with E-state index in [0.717, 1.165) is 5.82 Å². The number of para-hydroxylation sites is 1. The highest BCUT2D eigenvalue weighted by atomic mass is 32.2. The van der Waals surface area contributed by atoms with Crippen LogP contribution >= 0.6 is 0 Å². The number of anilines is 2. The number of benzene rings is 2. The first kappa shape index (κ1) is 25.7. The molecule has 2 saturated heterocycles. The molecule has 2 fully saturated rings. The Hall–Kier alpha value is -3.99. The number of ether oxygens (including phenoxy) is 1. The third kappa shape index (κ3) is 5.19. The van der Waals surface area contributed by atoms with Crippen molar-refractivity contribution < 1.29 is 22.7 Å². The summed E-state index contributed by atoms with van der Waals surface area (Å²) >= 11 is 0. The van der Waals surface area contributed by atoms with Crippen molar-refractivity contribution >= 4 is 33.2 Å². The maximum atomic E-state index is 13.3. The Balaban J connectivity index is 1.15. The lowest BCUT2D eigenvalue weighted by molar-refractivity contribution is -0.120. The van der Waals surface area contributed by atoms with Crippen molar-refractivity contribution in [3.63, 3.8) is 0 Å². The van der Waals surface area contributed by atoms with Gasteiger partial charge < -0.3 is 19.9 Å². The molecule has 11 heteroatoms. The SMILES string of the molecule is COc1ccccc1C(=O)N1CCC(S(=O)(=O)c2ccc(NC(=O)C3CN(c4cccnn4)C3)cc2)CC1. The van der Waals surface area contributed by atoms with E-state index in [0.29, 0.717) is 56.0 Å². The largest absolute Gasteiger partial charge is 0.496 e. The Bertz CT molecular complexity index is 1400. The van der Waals surface area contributed by atoms with Gasteiger partial charge in [-0.3, -0.25) is 9.59 Å². The number of likely N-dealkylation sites (tertiary alicyclic amines) is 1. The fourth-order valence-electron chi connectivity index (χ4n) is 4.82. The van der Waals surface area contributed by atoms with E-state index in [1.807, 2.05) is 11.0 Å². The van der Waals surface area contributed by atoms with Crippen LogP contribution in [0, 0.1) is 5.92 Å². The number of methoxy groups -OCH3 is 1. The van der Waals surface area contributed by atoms with Crippen molar-refractivity contribution in [2.75, 3.05) is 43.5 Å². The molecule has 0 unspecified atom stereocenters. The van der Waals surface area contributed by atoms with Crippen LogP contribution in [-0.2, 0) is 14.6 Å². The second-order valence-corrected chi connectivity index (χ2v) is 11.7. The standard InChI is InChI=1S/C27H29N5O5S/c1-37-24-6-3-2-5-23(24)27(34)31-15-12-22(13-16-31)38(35,36)21-10-8-20(9-11-21)29-26(33)19-17-32(18-19)25-7-4-14-28-30-25/h2-11,14,19,22H,12-13,15-18H2,1H3,(H,29,33). The molecule has 198 valence electrons. The first-order valence-corrected chi connectivity index (χ1v) is 14.0. The topological polar surface area (TPSA) is 122 Å². The van der Waals surface area contributed by atoms with Gasteiger partial charge in [-0.15, -0.1) is 5.10 Å². The van der Waals surface area contributed by atoms with Crippen LogP contribution in [0.25, 0.3) is 0 Å². The van der Waals surface area contributed by atoms with Gasteiger partial charge in [-0.2, -0.15) is 5.10 Å². The first-order chi connectivity index (χ1) is 18.4. The molecule has 1 aromatic heterocycles. The van der Waals surface area contributed by atoms with Crippen LogP contribution in [0.5, 0.6) is 5.75 Å². The molecule has 0 atom stereocenters. The average molecular weight is 536 g/mol. The molecule has 38 heavy (non-hydrogen) atoms. The molecule has 2 aliphatic heterocycles. The molecule has 0 saturated carbocycles. The summed E-state index contributed by atoms with van der Waals surface area (Å²) in [6.45, 7) is 1.80. The Kier molecular flexibility index (Phi) is 7.28. The van der Waals surface area contributed by atoms with Gasteiger partial charge in [0.2, 0.25) is 5.91 Å². The van der Waals surface area contributed by atoms with Crippen molar-refractivity contribution in [3.8, 4) is 5.75 Å². The Morgan fingerprint density at radius 1 is 0.974 bits per heavy atom. The van der Waals surface area contributed by atoms with E-state index in [1.165, 1.54) is 19.2 Å². The quantitative estimate of drug-likeness (QED) is 0.490. The molecule has 0 bridgehead atoms. The summed E-state index contributed by atoms with van der Waals surface area (Å²) in [7, 11) is -2.06. The lowest BCUT2D eigenvalue weighted by Crippen LogP contribution is -2.52. The Morgan fingerprint density at radius 3 is 2.34 bits per heavy atom. The van der Waals surface area contributed by atoms with Crippen LogP contribution in [-0.4, -0.2) is 73.9 Å². The Labute approximate surface area is 221 Å². The van der Waals surface area contributed by atoms with Gasteiger partial charge in [-0.25, -0.2) is 8.42 Å². The van der Waals surface area contributed by atoms with Crippen LogP contribution < -0.4 is 15.0 Å². The van der Waals surface area contributed by atoms with E-state index in [9.17, 15) is 18.0 Å². The van der Waals surface area contributed by atoms with Gasteiger partial charge in [0.15, 0.2) is 15.7 Å². The lowest BCUT2D eigenvalue weighted by atomic mass is 9.99. The highest BCUT2D eigenvalue weighted by molar-refractivity contribution is 7.92. The third-order valence-corrected chi connectivity index (χ3v) is 9.37. The minimum Gasteiger partial charge on any atom is -0.496 e. The van der Waals surface area contributed by atoms with Crippen molar-refractivity contribution in [1.82, 2.24) is 15.1 Å². The van der Waals surface area contributed by atoms with Gasteiger partial charge in [0.05, 0.1) is 28.7 Å². The van der Waals surface area contributed by atoms with Crippen LogP contribution in [0.1, 0.15) is 23.2 Å². The van der Waals surface area contributed by atoms with Gasteiger partial charge in [0.25, 0.3) is 5.91 Å². The minimum absolute atomic E-state index is 0.118. The number of hydrogen-bond acceptors (Lipinski definition) is 8. The average Bonchev–Trinajstić information content (AvgIpc) is 2.93. The summed E-state index contributed by atoms with van der Waals surface area (Å²) in [5.74, 6) is 0.780. The van der Waals surface area contributed by atoms with Gasteiger partial charge >= 0.3 is 0 Å². The van der Waals surface area contributed by atoms with E-state index in [4.69, 9.17) is 4.74 Å². The normalized spacial score (nSPS) is 16.6. The lowest BCUT2D eigenvalue weighted by Gasteiger charge is -2.38. The number of hydrogen-bond donors (Lipinski definition) is 1. The third-order valence-electron chi connectivity index (χ3n) is 7.09. The van der Waals surface area contributed by atoms with Gasteiger partial charge in [0, 0.05) is 38.1 Å². The molecule has 1 N–H and O–H groups in total. The number of carbonyl (C=O) groups excluding carboxylic acids is 2. The fraction of sp³-hybridized carbons (Fsp3) is 0.333. The zero-order chi connectivity index (χ0) is 26.7. The molecular formula is C27H29N5O5S. The van der Waals surface area contributed by atoms with E-state index < -0.39 is 15.1 Å². The van der Waals surface area contributed by atoms with Crippen LogP contribution in [0.3, 0.4) is 0 Å². The summed E-state index contributed by atoms with van der Waals surface area (Å²) in [4.78, 5) is 29.4. The number of rotatable bonds is 7. The highest BCUT2D eigenvalue weighted by Crippen LogP contribution is 2.28. The minimum atomic E-state index is -3.58. The molecule has 0 spiro atoms. The monoisotopic (exact) mass is 535 g/mol. The zero-order valence-electron chi connectivity index (χ0n) is 21.0. The van der Waals surface area contributed by atoms with Crippen molar-refractivity contribution in [3.05, 3.63) is 72.4 Å². The smallest absolute Gasteiger partial charge is 0.257 e. The summed E-state index contributed by atoms with van der Waals surface area (Å²) in [6.07, 6.45) is 2.31. The van der Waals surface area contributed by atoms with Gasteiger partial charge in [-0.05, 0) is 61.4 Å². The number of piperidine rings is 1. The van der Waals surface area contributed by atoms with Crippen molar-refractivity contribution in [1.29, 1.82) is 0 Å². The fourth-order valence-corrected chi connectivity index (χ4v) is 6.55. The summed E-state index contributed by atoms with van der Waals surface area (Å²) < 4.78 is 31.8. The van der Waals surface area contributed by atoms with E-state index in [-0.39, 0.29) is 22.6 Å². The van der Waals surface area contributed by atoms with Crippen LogP contribution in [0.4, 0.5) is 11.5 Å². The molecule has 3 aromatic rings. The number of nitrogens with zero attached hydrogens (tertiary/aromatic N) is 4. The molecule has 3 heterocycles. The van der Waals surface area contributed by atoms with Crippen LogP contribution in [0.15, 0.2) is 71.8 Å². The summed E-state index contributed by atoms with van der Waals surface area (Å²) in [5, 5.41) is 10.2. The maximum absolute atomic E-state index is 13.3. The number of sulfone groups is 1.